The largest absolute Gasteiger partial charge is 0.384 e. The van der Waals surface area contributed by atoms with Crippen molar-refractivity contribution in [3.8, 4) is 0 Å². The van der Waals surface area contributed by atoms with Gasteiger partial charge in [-0.1, -0.05) is 25.1 Å². The normalized spacial score (nSPS) is 20.8. The molecule has 3 heteroatoms. The molecule has 0 spiro atoms. The first-order chi connectivity index (χ1) is 9.26. The van der Waals surface area contributed by atoms with Gasteiger partial charge in [-0.3, -0.25) is 0 Å². The van der Waals surface area contributed by atoms with E-state index in [1.54, 1.807) is 7.11 Å². The van der Waals surface area contributed by atoms with Gasteiger partial charge in [0.1, 0.15) is 0 Å². The molecule has 2 rings (SSSR count). The highest BCUT2D eigenvalue weighted by atomic mass is 16.5. The van der Waals surface area contributed by atoms with Crippen LogP contribution < -0.4 is 10.2 Å². The van der Waals surface area contributed by atoms with E-state index in [1.165, 1.54) is 17.7 Å². The summed E-state index contributed by atoms with van der Waals surface area (Å²) in [6, 6.07) is 9.17. The topological polar surface area (TPSA) is 24.5 Å². The van der Waals surface area contributed by atoms with E-state index in [-0.39, 0.29) is 0 Å². The van der Waals surface area contributed by atoms with Gasteiger partial charge in [0, 0.05) is 37.8 Å². The first kappa shape index (κ1) is 14.4. The molecule has 0 amide bonds. The monoisotopic (exact) mass is 262 g/mol. The fraction of sp³-hybridized carbons (Fsp3) is 0.625. The van der Waals surface area contributed by atoms with Crippen LogP contribution in [0.4, 0.5) is 5.69 Å². The molecule has 1 aliphatic heterocycles. The van der Waals surface area contributed by atoms with Crippen LogP contribution in [0.5, 0.6) is 0 Å². The molecule has 2 atom stereocenters. The molecule has 0 aromatic heterocycles. The molecule has 1 N–H and O–H groups in total. The molecule has 0 radical (unpaired) electrons. The molecule has 1 aromatic rings. The highest BCUT2D eigenvalue weighted by molar-refractivity contribution is 5.55. The lowest BCUT2D eigenvalue weighted by Crippen LogP contribution is -2.25. The average molecular weight is 262 g/mol. The maximum absolute atomic E-state index is 5.29. The molecule has 1 fully saturated rings. The maximum Gasteiger partial charge on any atom is 0.0508 e. The van der Waals surface area contributed by atoms with Crippen LogP contribution in [0.25, 0.3) is 0 Å². The van der Waals surface area contributed by atoms with Crippen LogP contribution in [0.15, 0.2) is 24.3 Å². The van der Waals surface area contributed by atoms with Crippen molar-refractivity contribution in [3.63, 3.8) is 0 Å². The number of para-hydroxylation sites is 1. The lowest BCUT2D eigenvalue weighted by molar-refractivity contribution is 0.161. The number of hydrogen-bond donors (Lipinski definition) is 1. The van der Waals surface area contributed by atoms with Crippen molar-refractivity contribution in [1.82, 2.24) is 5.32 Å². The predicted molar refractivity (Wildman–Crippen MR) is 80.7 cm³/mol. The van der Waals surface area contributed by atoms with E-state index in [0.717, 1.165) is 26.2 Å². The molecule has 19 heavy (non-hydrogen) atoms. The summed E-state index contributed by atoms with van der Waals surface area (Å²) in [5.74, 6) is 0.674. The third kappa shape index (κ3) is 3.48. The lowest BCUT2D eigenvalue weighted by Gasteiger charge is -2.25. The van der Waals surface area contributed by atoms with Gasteiger partial charge in [0.15, 0.2) is 0 Å². The number of ether oxygens (including phenoxy) is 1. The van der Waals surface area contributed by atoms with Gasteiger partial charge in [-0.15, -0.1) is 0 Å². The number of hydrogen-bond acceptors (Lipinski definition) is 3. The summed E-state index contributed by atoms with van der Waals surface area (Å²) in [4.78, 5) is 2.51. The molecular weight excluding hydrogens is 236 g/mol. The first-order valence-corrected chi connectivity index (χ1v) is 7.32. The van der Waals surface area contributed by atoms with Crippen LogP contribution in [0, 0.1) is 5.92 Å². The number of benzene rings is 1. The summed E-state index contributed by atoms with van der Waals surface area (Å²) in [5.41, 5.74) is 2.79. The fourth-order valence-corrected chi connectivity index (χ4v) is 2.98. The van der Waals surface area contributed by atoms with Gasteiger partial charge < -0.3 is 15.0 Å². The van der Waals surface area contributed by atoms with Crippen LogP contribution in [-0.4, -0.2) is 33.4 Å². The predicted octanol–water partition coefficient (Wildman–Crippen LogP) is 2.83. The Hall–Kier alpha value is -1.06. The standard InChI is InChI=1S/C16H26N2O/c1-4-17-13(2)15-7-5-6-8-16(15)18-10-9-14(11-18)12-19-3/h5-8,13-14,17H,4,9-12H2,1-3H3. The van der Waals surface area contributed by atoms with Gasteiger partial charge in [-0.05, 0) is 31.5 Å². The van der Waals surface area contributed by atoms with Gasteiger partial charge in [-0.2, -0.15) is 0 Å². The molecule has 106 valence electrons. The number of anilines is 1. The first-order valence-electron chi connectivity index (χ1n) is 7.32. The number of methoxy groups -OCH3 is 1. The minimum atomic E-state index is 0.405. The van der Waals surface area contributed by atoms with Crippen LogP contribution in [-0.2, 0) is 4.74 Å². The van der Waals surface area contributed by atoms with Gasteiger partial charge >= 0.3 is 0 Å². The molecule has 1 heterocycles. The second-order valence-corrected chi connectivity index (χ2v) is 5.39. The zero-order valence-corrected chi connectivity index (χ0v) is 12.4. The van der Waals surface area contributed by atoms with Gasteiger partial charge in [0.2, 0.25) is 0 Å². The van der Waals surface area contributed by atoms with Crippen LogP contribution in [0.2, 0.25) is 0 Å². The van der Waals surface area contributed by atoms with E-state index < -0.39 is 0 Å². The average Bonchev–Trinajstić information content (AvgIpc) is 2.88. The lowest BCUT2D eigenvalue weighted by atomic mass is 10.1. The van der Waals surface area contributed by atoms with E-state index in [0.29, 0.717) is 12.0 Å². The molecule has 2 unspecified atom stereocenters. The Kier molecular flexibility index (Phi) is 5.23. The van der Waals surface area contributed by atoms with E-state index in [1.807, 2.05) is 0 Å². The van der Waals surface area contributed by atoms with E-state index in [2.05, 4.69) is 48.3 Å². The van der Waals surface area contributed by atoms with Crippen LogP contribution >= 0.6 is 0 Å². The van der Waals surface area contributed by atoms with Crippen molar-refractivity contribution in [2.75, 3.05) is 38.3 Å². The quantitative estimate of drug-likeness (QED) is 0.853. The van der Waals surface area contributed by atoms with E-state index >= 15 is 0 Å². The SMILES string of the molecule is CCNC(C)c1ccccc1N1CCC(COC)C1. The van der Waals surface area contributed by atoms with Crippen molar-refractivity contribution in [1.29, 1.82) is 0 Å². The summed E-state index contributed by atoms with van der Waals surface area (Å²) in [6.45, 7) is 8.53. The highest BCUT2D eigenvalue weighted by Gasteiger charge is 2.24. The van der Waals surface area contributed by atoms with Gasteiger partial charge in [0.05, 0.1) is 6.61 Å². The van der Waals surface area contributed by atoms with Crippen molar-refractivity contribution in [2.24, 2.45) is 5.92 Å². The summed E-state index contributed by atoms with van der Waals surface area (Å²) in [7, 11) is 1.80. The second kappa shape index (κ2) is 6.92. The van der Waals surface area contributed by atoms with Crippen molar-refractivity contribution in [2.45, 2.75) is 26.3 Å². The summed E-state index contributed by atoms with van der Waals surface area (Å²) in [6.07, 6.45) is 1.23. The third-order valence-corrected chi connectivity index (χ3v) is 3.94. The van der Waals surface area contributed by atoms with E-state index in [4.69, 9.17) is 4.74 Å². The van der Waals surface area contributed by atoms with Crippen molar-refractivity contribution >= 4 is 5.69 Å². The molecule has 1 aromatic carbocycles. The molecule has 0 aliphatic carbocycles. The Morgan fingerprint density at radius 1 is 1.42 bits per heavy atom. The second-order valence-electron chi connectivity index (χ2n) is 5.39. The minimum absolute atomic E-state index is 0.405. The highest BCUT2D eigenvalue weighted by Crippen LogP contribution is 2.30. The van der Waals surface area contributed by atoms with E-state index in [9.17, 15) is 0 Å². The molecule has 0 saturated carbocycles. The Bertz CT molecular complexity index is 394. The Balaban J connectivity index is 2.12. The molecule has 3 nitrogen and oxygen atoms in total. The zero-order chi connectivity index (χ0) is 13.7. The Morgan fingerprint density at radius 3 is 2.95 bits per heavy atom. The summed E-state index contributed by atoms with van der Waals surface area (Å²) in [5, 5.41) is 3.51. The third-order valence-electron chi connectivity index (χ3n) is 3.94. The van der Waals surface area contributed by atoms with Crippen molar-refractivity contribution in [3.05, 3.63) is 29.8 Å². The Morgan fingerprint density at radius 2 is 2.21 bits per heavy atom. The molecule has 1 aliphatic rings. The van der Waals surface area contributed by atoms with Crippen molar-refractivity contribution < 1.29 is 4.74 Å². The molecule has 1 saturated heterocycles. The van der Waals surface area contributed by atoms with Gasteiger partial charge in [-0.25, -0.2) is 0 Å². The summed E-state index contributed by atoms with van der Waals surface area (Å²) < 4.78 is 5.29. The molecular formula is C16H26N2O. The minimum Gasteiger partial charge on any atom is -0.384 e. The molecule has 0 bridgehead atoms. The number of nitrogens with zero attached hydrogens (tertiary/aromatic N) is 1. The van der Waals surface area contributed by atoms with Crippen LogP contribution in [0.3, 0.4) is 0 Å². The smallest absolute Gasteiger partial charge is 0.0508 e. The summed E-state index contributed by atoms with van der Waals surface area (Å²) >= 11 is 0. The van der Waals surface area contributed by atoms with Crippen LogP contribution in [0.1, 0.15) is 31.9 Å². The maximum atomic E-state index is 5.29. The number of nitrogens with one attached hydrogen (secondary N) is 1. The number of rotatable bonds is 6. The zero-order valence-electron chi connectivity index (χ0n) is 12.4. The van der Waals surface area contributed by atoms with Gasteiger partial charge in [0.25, 0.3) is 0 Å². The Labute approximate surface area is 116 Å². The fourth-order valence-electron chi connectivity index (χ4n) is 2.98.